The second-order valence-corrected chi connectivity index (χ2v) is 6.38. The maximum absolute atomic E-state index is 14.1. The molecule has 0 bridgehead atoms. The predicted octanol–water partition coefficient (Wildman–Crippen LogP) is 3.19. The van der Waals surface area contributed by atoms with Gasteiger partial charge >= 0.3 is 0 Å². The fourth-order valence-corrected chi connectivity index (χ4v) is 2.64. The van der Waals surface area contributed by atoms with E-state index in [0.717, 1.165) is 12.7 Å². The summed E-state index contributed by atoms with van der Waals surface area (Å²) >= 11 is 0. The van der Waals surface area contributed by atoms with Gasteiger partial charge in [0.1, 0.15) is 23.8 Å². The van der Waals surface area contributed by atoms with Crippen molar-refractivity contribution in [1.29, 1.82) is 0 Å². The number of hydrogen-bond donors (Lipinski definition) is 3. The molecule has 0 atom stereocenters. The van der Waals surface area contributed by atoms with Crippen molar-refractivity contribution in [2.75, 3.05) is 30.8 Å². The van der Waals surface area contributed by atoms with Crippen LogP contribution in [0.5, 0.6) is 5.75 Å². The Bertz CT molecular complexity index is 1100. The van der Waals surface area contributed by atoms with Gasteiger partial charge in [-0.25, -0.2) is 23.7 Å². The van der Waals surface area contributed by atoms with Crippen LogP contribution in [0, 0.1) is 24.4 Å². The summed E-state index contributed by atoms with van der Waals surface area (Å²) in [5.74, 6) is -4.41. The first kappa shape index (κ1) is 21.8. The van der Waals surface area contributed by atoms with Crippen molar-refractivity contribution in [3.63, 3.8) is 0 Å². The van der Waals surface area contributed by atoms with E-state index in [9.17, 15) is 18.0 Å². The van der Waals surface area contributed by atoms with E-state index in [1.807, 2.05) is 19.1 Å². The van der Waals surface area contributed by atoms with Gasteiger partial charge in [0.15, 0.2) is 17.4 Å². The first-order valence-corrected chi connectivity index (χ1v) is 9.14. The molecule has 2 aromatic heterocycles. The van der Waals surface area contributed by atoms with Crippen molar-refractivity contribution >= 4 is 23.4 Å². The van der Waals surface area contributed by atoms with Crippen molar-refractivity contribution in [2.45, 2.75) is 6.92 Å². The van der Waals surface area contributed by atoms with Gasteiger partial charge in [0.05, 0.1) is 12.7 Å². The van der Waals surface area contributed by atoms with Gasteiger partial charge in [-0.05, 0) is 30.7 Å². The van der Waals surface area contributed by atoms with E-state index in [4.69, 9.17) is 0 Å². The van der Waals surface area contributed by atoms with Crippen molar-refractivity contribution in [3.8, 4) is 5.75 Å². The monoisotopic (exact) mass is 432 g/mol. The predicted molar refractivity (Wildman–Crippen MR) is 108 cm³/mol. The van der Waals surface area contributed by atoms with Crippen LogP contribution in [0.4, 0.5) is 30.6 Å². The van der Waals surface area contributed by atoms with Crippen molar-refractivity contribution in [1.82, 2.24) is 20.3 Å². The van der Waals surface area contributed by atoms with Crippen molar-refractivity contribution < 1.29 is 22.7 Å². The quantitative estimate of drug-likeness (QED) is 0.371. The maximum atomic E-state index is 14.1. The Balaban J connectivity index is 1.55. The van der Waals surface area contributed by atoms with E-state index < -0.39 is 34.7 Å². The summed E-state index contributed by atoms with van der Waals surface area (Å²) in [7, 11) is 0.979. The molecular formula is C20H19F3N6O2. The average Bonchev–Trinajstić information content (AvgIpc) is 2.74. The zero-order valence-electron chi connectivity index (χ0n) is 16.7. The third-order valence-corrected chi connectivity index (χ3v) is 4.12. The topological polar surface area (TPSA) is 101 Å². The Labute approximate surface area is 175 Å². The number of halogens is 3. The molecule has 0 radical (unpaired) electrons. The highest BCUT2D eigenvalue weighted by atomic mass is 19.2. The molecular weight excluding hydrogens is 413 g/mol. The van der Waals surface area contributed by atoms with Crippen molar-refractivity contribution in [2.24, 2.45) is 0 Å². The van der Waals surface area contributed by atoms with Gasteiger partial charge in [-0.3, -0.25) is 4.79 Å². The highest BCUT2D eigenvalue weighted by Gasteiger charge is 2.23. The Kier molecular flexibility index (Phi) is 6.85. The summed E-state index contributed by atoms with van der Waals surface area (Å²) in [4.78, 5) is 24.5. The summed E-state index contributed by atoms with van der Waals surface area (Å²) in [5, 5.41) is 8.43. The van der Waals surface area contributed by atoms with E-state index in [1.54, 1.807) is 12.3 Å². The van der Waals surface area contributed by atoms with E-state index in [0.29, 0.717) is 23.5 Å². The molecule has 0 aliphatic heterocycles. The Morgan fingerprint density at radius 2 is 1.74 bits per heavy atom. The first-order chi connectivity index (χ1) is 14.9. The Hall–Kier alpha value is -3.89. The van der Waals surface area contributed by atoms with Crippen molar-refractivity contribution in [3.05, 3.63) is 65.4 Å². The lowest BCUT2D eigenvalue weighted by Gasteiger charge is -2.11. The van der Waals surface area contributed by atoms with E-state index in [2.05, 4.69) is 35.6 Å². The molecule has 162 valence electrons. The van der Waals surface area contributed by atoms with Crippen LogP contribution < -0.4 is 20.7 Å². The van der Waals surface area contributed by atoms with Crippen LogP contribution in [0.1, 0.15) is 15.9 Å². The van der Waals surface area contributed by atoms with Crippen LogP contribution in [0.15, 0.2) is 36.8 Å². The SMILES string of the molecule is COc1c(F)c(F)cc(C(=O)NCCNc2cc(Nc3cc(C)ccn3)ncn2)c1F. The zero-order chi connectivity index (χ0) is 22.4. The normalized spacial score (nSPS) is 10.5. The fourth-order valence-electron chi connectivity index (χ4n) is 2.64. The molecule has 3 rings (SSSR count). The number of nitrogens with one attached hydrogen (secondary N) is 3. The number of aromatic nitrogens is 3. The maximum Gasteiger partial charge on any atom is 0.254 e. The van der Waals surface area contributed by atoms with Gasteiger partial charge in [-0.2, -0.15) is 4.39 Å². The number of benzene rings is 1. The molecule has 8 nitrogen and oxygen atoms in total. The molecule has 3 N–H and O–H groups in total. The molecule has 0 spiro atoms. The third-order valence-electron chi connectivity index (χ3n) is 4.12. The number of nitrogens with zero attached hydrogens (tertiary/aromatic N) is 3. The van der Waals surface area contributed by atoms with Gasteiger partial charge in [-0.15, -0.1) is 0 Å². The van der Waals surface area contributed by atoms with E-state index in [-0.39, 0.29) is 13.1 Å². The molecule has 1 aromatic carbocycles. The summed E-state index contributed by atoms with van der Waals surface area (Å²) in [6.07, 6.45) is 3.02. The zero-order valence-corrected chi connectivity index (χ0v) is 16.7. The van der Waals surface area contributed by atoms with Gasteiger partial charge in [-0.1, -0.05) is 0 Å². The summed E-state index contributed by atoms with van der Waals surface area (Å²) in [5.41, 5.74) is 0.380. The van der Waals surface area contributed by atoms with Crippen LogP contribution in [-0.2, 0) is 0 Å². The van der Waals surface area contributed by atoms with E-state index >= 15 is 0 Å². The number of hydrogen-bond acceptors (Lipinski definition) is 7. The number of pyridine rings is 1. The molecule has 31 heavy (non-hydrogen) atoms. The number of anilines is 3. The number of rotatable bonds is 8. The number of carbonyl (C=O) groups excluding carboxylic acids is 1. The third kappa shape index (κ3) is 5.38. The summed E-state index contributed by atoms with van der Waals surface area (Å²) in [6.45, 7) is 2.23. The van der Waals surface area contributed by atoms with Gasteiger partial charge in [0.25, 0.3) is 5.91 Å². The Morgan fingerprint density at radius 3 is 2.48 bits per heavy atom. The molecule has 2 heterocycles. The Morgan fingerprint density at radius 1 is 1.00 bits per heavy atom. The number of amides is 1. The minimum absolute atomic E-state index is 0.0613. The largest absolute Gasteiger partial charge is 0.491 e. The van der Waals surface area contributed by atoms with Crippen LogP contribution in [-0.4, -0.2) is 41.1 Å². The standard InChI is InChI=1S/C20H19F3N6O2/c1-11-3-4-24-15(7-11)29-16-9-14(27-10-28-16)25-5-6-26-20(30)12-8-13(21)18(23)19(31-2)17(12)22/h3-4,7-10H,5-6H2,1-2H3,(H,26,30)(H2,24,25,27,28,29). The molecule has 3 aromatic rings. The summed E-state index contributed by atoms with van der Waals surface area (Å²) < 4.78 is 45.7. The summed E-state index contributed by atoms with van der Waals surface area (Å²) in [6, 6.07) is 5.86. The van der Waals surface area contributed by atoms with E-state index in [1.165, 1.54) is 6.33 Å². The van der Waals surface area contributed by atoms with Gasteiger partial charge in [0.2, 0.25) is 5.82 Å². The lowest BCUT2D eigenvalue weighted by molar-refractivity contribution is 0.0949. The number of aryl methyl sites for hydroxylation is 1. The highest BCUT2D eigenvalue weighted by molar-refractivity contribution is 5.95. The molecule has 0 unspecified atom stereocenters. The fraction of sp³-hybridized carbons (Fsp3) is 0.200. The molecule has 1 amide bonds. The number of carbonyl (C=O) groups is 1. The lowest BCUT2D eigenvalue weighted by atomic mass is 10.1. The molecule has 0 fully saturated rings. The molecule has 0 saturated carbocycles. The van der Waals surface area contributed by atoms with Crippen LogP contribution in [0.2, 0.25) is 0 Å². The molecule has 0 aliphatic carbocycles. The molecule has 0 aliphatic rings. The number of ether oxygens (including phenoxy) is 1. The second kappa shape index (κ2) is 9.74. The highest BCUT2D eigenvalue weighted by Crippen LogP contribution is 2.26. The smallest absolute Gasteiger partial charge is 0.254 e. The van der Waals surface area contributed by atoms with Crippen LogP contribution >= 0.6 is 0 Å². The van der Waals surface area contributed by atoms with Crippen LogP contribution in [0.3, 0.4) is 0 Å². The average molecular weight is 432 g/mol. The van der Waals surface area contributed by atoms with Crippen LogP contribution in [0.25, 0.3) is 0 Å². The minimum Gasteiger partial charge on any atom is -0.491 e. The first-order valence-electron chi connectivity index (χ1n) is 9.14. The lowest BCUT2D eigenvalue weighted by Crippen LogP contribution is -2.30. The van der Waals surface area contributed by atoms with Gasteiger partial charge in [0, 0.05) is 25.4 Å². The number of methoxy groups -OCH3 is 1. The van der Waals surface area contributed by atoms with Gasteiger partial charge < -0.3 is 20.7 Å². The molecule has 0 saturated heterocycles. The minimum atomic E-state index is -1.49. The second-order valence-electron chi connectivity index (χ2n) is 6.38. The molecule has 11 heteroatoms.